The SMILES string of the molecule is C[C@@H](Nc1nc(C(=O)NS(=O)(=O)N(C)C)nc2nc(N3CCOC[C@H]3c3ccccc3)n(C[C@H]3CC[C@H](C)CC3)c12)C1CCC1. The molecule has 2 aliphatic carbocycles. The third kappa shape index (κ3) is 6.80. The maximum atomic E-state index is 13.3. The quantitative estimate of drug-likeness (QED) is 0.332. The lowest BCUT2D eigenvalue weighted by molar-refractivity contribution is 0.0927. The Morgan fingerprint density at radius 3 is 2.47 bits per heavy atom. The van der Waals surface area contributed by atoms with E-state index in [-0.39, 0.29) is 17.9 Å². The van der Waals surface area contributed by atoms with Gasteiger partial charge < -0.3 is 19.5 Å². The second kappa shape index (κ2) is 13.2. The molecule has 3 aromatic rings. The van der Waals surface area contributed by atoms with E-state index in [1.807, 2.05) is 18.2 Å². The highest BCUT2D eigenvalue weighted by molar-refractivity contribution is 7.87. The molecule has 2 atom stereocenters. The smallest absolute Gasteiger partial charge is 0.303 e. The number of hydrogen-bond acceptors (Lipinski definition) is 9. The van der Waals surface area contributed by atoms with E-state index in [4.69, 9.17) is 14.7 Å². The van der Waals surface area contributed by atoms with E-state index >= 15 is 0 Å². The molecule has 1 aromatic carbocycles. The minimum absolute atomic E-state index is 0.0480. The number of carbonyl (C=O) groups excluding carboxylic acids is 1. The minimum atomic E-state index is -4.04. The molecule has 1 amide bonds. The van der Waals surface area contributed by atoms with Crippen LogP contribution in [0.5, 0.6) is 0 Å². The van der Waals surface area contributed by atoms with Gasteiger partial charge in [0.1, 0.15) is 5.52 Å². The van der Waals surface area contributed by atoms with Crippen molar-refractivity contribution in [2.24, 2.45) is 17.8 Å². The topological polar surface area (TPSA) is 135 Å². The summed E-state index contributed by atoms with van der Waals surface area (Å²) >= 11 is 0. The van der Waals surface area contributed by atoms with Crippen molar-refractivity contribution in [1.82, 2.24) is 28.5 Å². The van der Waals surface area contributed by atoms with Gasteiger partial charge in [-0.3, -0.25) is 4.79 Å². The largest absolute Gasteiger partial charge is 0.377 e. The molecular weight excluding hydrogens is 592 g/mol. The number of imidazole rings is 1. The second-order valence-corrected chi connectivity index (χ2v) is 15.1. The van der Waals surface area contributed by atoms with Crippen LogP contribution in [0.2, 0.25) is 0 Å². The lowest BCUT2D eigenvalue weighted by Gasteiger charge is -2.37. The number of carbonyl (C=O) groups is 1. The Kier molecular flexibility index (Phi) is 9.30. The molecule has 12 nitrogen and oxygen atoms in total. The number of fused-ring (bicyclic) bond motifs is 1. The standard InChI is InChI=1S/C32H46N8O4S/c1-21-13-15-23(16-14-21)19-40-27-28(33-22(2)24-11-8-12-24)34-30(31(41)37-45(42,43)38(3)4)35-29(27)36-32(40)39-17-18-44-20-26(39)25-9-6-5-7-10-25/h5-7,9-10,21-24,26H,8,11-20H2,1-4H3,(H,37,41)(H,33,34,35)/t21-,22-,23-,26+/m1/s1. The fourth-order valence-electron chi connectivity index (χ4n) is 6.71. The Balaban J connectivity index is 1.49. The number of amides is 1. The van der Waals surface area contributed by atoms with Crippen LogP contribution >= 0.6 is 0 Å². The number of rotatable bonds is 10. The summed E-state index contributed by atoms with van der Waals surface area (Å²) in [7, 11) is -1.32. The first-order valence-electron chi connectivity index (χ1n) is 16.3. The van der Waals surface area contributed by atoms with Crippen molar-refractivity contribution in [3.8, 4) is 0 Å². The molecule has 0 unspecified atom stereocenters. The van der Waals surface area contributed by atoms with Gasteiger partial charge in [0.2, 0.25) is 11.8 Å². The summed E-state index contributed by atoms with van der Waals surface area (Å²) in [5, 5.41) is 3.62. The predicted octanol–water partition coefficient (Wildman–Crippen LogP) is 4.37. The Labute approximate surface area is 266 Å². The zero-order chi connectivity index (χ0) is 31.7. The second-order valence-electron chi connectivity index (χ2n) is 13.3. The first kappa shape index (κ1) is 31.7. The highest BCUT2D eigenvalue weighted by Crippen LogP contribution is 2.38. The molecule has 3 fully saturated rings. The molecule has 2 saturated carbocycles. The van der Waals surface area contributed by atoms with Gasteiger partial charge in [-0.05, 0) is 55.9 Å². The van der Waals surface area contributed by atoms with Gasteiger partial charge in [-0.1, -0.05) is 56.5 Å². The van der Waals surface area contributed by atoms with Gasteiger partial charge in [-0.15, -0.1) is 0 Å². The number of nitrogens with one attached hydrogen (secondary N) is 2. The van der Waals surface area contributed by atoms with E-state index in [1.54, 1.807) is 0 Å². The van der Waals surface area contributed by atoms with Crippen molar-refractivity contribution in [2.45, 2.75) is 77.4 Å². The predicted molar refractivity (Wildman–Crippen MR) is 174 cm³/mol. The van der Waals surface area contributed by atoms with Crippen LogP contribution in [0, 0.1) is 17.8 Å². The van der Waals surface area contributed by atoms with Crippen molar-refractivity contribution < 1.29 is 17.9 Å². The third-order valence-corrected chi connectivity index (χ3v) is 11.3. The van der Waals surface area contributed by atoms with Gasteiger partial charge in [0.05, 0.1) is 19.3 Å². The minimum Gasteiger partial charge on any atom is -0.377 e. The first-order chi connectivity index (χ1) is 21.6. The van der Waals surface area contributed by atoms with Gasteiger partial charge >= 0.3 is 16.1 Å². The Morgan fingerprint density at radius 2 is 1.80 bits per heavy atom. The molecule has 1 aliphatic heterocycles. The van der Waals surface area contributed by atoms with Crippen LogP contribution in [-0.2, 0) is 21.5 Å². The molecule has 3 aliphatic rings. The fourth-order valence-corrected chi connectivity index (χ4v) is 7.22. The molecule has 6 rings (SSSR count). The molecule has 2 aromatic heterocycles. The average molecular weight is 639 g/mol. The van der Waals surface area contributed by atoms with Gasteiger partial charge in [0, 0.05) is 33.2 Å². The maximum absolute atomic E-state index is 13.3. The molecule has 0 bridgehead atoms. The van der Waals surface area contributed by atoms with Gasteiger partial charge in [0.15, 0.2) is 11.5 Å². The molecule has 45 heavy (non-hydrogen) atoms. The van der Waals surface area contributed by atoms with E-state index in [0.29, 0.717) is 43.1 Å². The number of benzene rings is 1. The zero-order valence-electron chi connectivity index (χ0n) is 26.8. The molecule has 3 heterocycles. The highest BCUT2D eigenvalue weighted by atomic mass is 32.2. The summed E-state index contributed by atoms with van der Waals surface area (Å²) in [4.78, 5) is 30.0. The molecule has 244 valence electrons. The first-order valence-corrected chi connectivity index (χ1v) is 17.7. The monoisotopic (exact) mass is 638 g/mol. The summed E-state index contributed by atoms with van der Waals surface area (Å²) in [6, 6.07) is 10.4. The normalized spacial score (nSPS) is 23.6. The van der Waals surface area contributed by atoms with Gasteiger partial charge in [0.25, 0.3) is 0 Å². The van der Waals surface area contributed by atoms with Crippen molar-refractivity contribution >= 4 is 39.0 Å². The number of aromatic nitrogens is 4. The fraction of sp³-hybridized carbons (Fsp3) is 0.625. The Bertz CT molecular complexity index is 1600. The van der Waals surface area contributed by atoms with Crippen molar-refractivity contribution in [3.05, 3.63) is 41.7 Å². The van der Waals surface area contributed by atoms with E-state index in [9.17, 15) is 13.2 Å². The average Bonchev–Trinajstić information content (AvgIpc) is 3.35. The number of morpholine rings is 1. The number of nitrogens with zero attached hydrogens (tertiary/aromatic N) is 6. The van der Waals surface area contributed by atoms with Crippen LogP contribution in [0.3, 0.4) is 0 Å². The van der Waals surface area contributed by atoms with Crippen LogP contribution in [0.25, 0.3) is 11.2 Å². The van der Waals surface area contributed by atoms with E-state index in [0.717, 1.165) is 59.5 Å². The lowest BCUT2D eigenvalue weighted by atomic mass is 9.80. The molecule has 0 spiro atoms. The Hall–Kier alpha value is -3.29. The molecule has 1 saturated heterocycles. The van der Waals surface area contributed by atoms with Crippen molar-refractivity contribution in [2.75, 3.05) is 44.1 Å². The molecule has 2 N–H and O–H groups in total. The molecule has 13 heteroatoms. The summed E-state index contributed by atoms with van der Waals surface area (Å²) in [6.45, 7) is 6.97. The van der Waals surface area contributed by atoms with Crippen LogP contribution in [0.15, 0.2) is 30.3 Å². The molecular formula is C32H46N8O4S. The van der Waals surface area contributed by atoms with E-state index in [1.165, 1.54) is 33.4 Å². The van der Waals surface area contributed by atoms with Crippen molar-refractivity contribution in [3.63, 3.8) is 0 Å². The van der Waals surface area contributed by atoms with Crippen molar-refractivity contribution in [1.29, 1.82) is 0 Å². The summed E-state index contributed by atoms with van der Waals surface area (Å²) in [6.07, 6.45) is 8.13. The van der Waals surface area contributed by atoms with E-state index < -0.39 is 16.1 Å². The van der Waals surface area contributed by atoms with Gasteiger partial charge in [-0.2, -0.15) is 17.7 Å². The van der Waals surface area contributed by atoms with Crippen LogP contribution in [-0.4, -0.2) is 78.0 Å². The molecule has 0 radical (unpaired) electrons. The summed E-state index contributed by atoms with van der Waals surface area (Å²) in [5.74, 6) is 1.85. The van der Waals surface area contributed by atoms with Crippen LogP contribution < -0.4 is 14.9 Å². The van der Waals surface area contributed by atoms with Gasteiger partial charge in [-0.25, -0.2) is 14.7 Å². The third-order valence-electron chi connectivity index (χ3n) is 9.86. The number of ether oxygens (including phenoxy) is 1. The number of hydrogen-bond donors (Lipinski definition) is 2. The van der Waals surface area contributed by atoms with Crippen LogP contribution in [0.4, 0.5) is 11.8 Å². The van der Waals surface area contributed by atoms with E-state index in [2.05, 4.69) is 50.5 Å². The lowest BCUT2D eigenvalue weighted by Crippen LogP contribution is -2.41. The highest BCUT2D eigenvalue weighted by Gasteiger charge is 2.34. The maximum Gasteiger partial charge on any atom is 0.303 e. The van der Waals surface area contributed by atoms with Crippen LogP contribution in [0.1, 0.15) is 81.0 Å². The number of anilines is 2. The Morgan fingerprint density at radius 1 is 1.07 bits per heavy atom. The summed E-state index contributed by atoms with van der Waals surface area (Å²) in [5.41, 5.74) is 2.26. The summed E-state index contributed by atoms with van der Waals surface area (Å²) < 4.78 is 36.3. The zero-order valence-corrected chi connectivity index (χ0v) is 27.6.